The second-order valence-electron chi connectivity index (χ2n) is 6.58. The van der Waals surface area contributed by atoms with Gasteiger partial charge < -0.3 is 9.80 Å². The van der Waals surface area contributed by atoms with Crippen LogP contribution in [0.4, 0.5) is 0 Å². The molecule has 1 aliphatic rings. The van der Waals surface area contributed by atoms with Crippen molar-refractivity contribution in [2.24, 2.45) is 5.92 Å². The van der Waals surface area contributed by atoms with Gasteiger partial charge in [0.05, 0.1) is 5.92 Å². The topological polar surface area (TPSA) is 40.6 Å². The van der Waals surface area contributed by atoms with E-state index in [0.29, 0.717) is 19.5 Å². The van der Waals surface area contributed by atoms with E-state index in [1.54, 1.807) is 0 Å². The quantitative estimate of drug-likeness (QED) is 0.809. The first-order valence-electron chi connectivity index (χ1n) is 8.56. The molecule has 0 saturated carbocycles. The van der Waals surface area contributed by atoms with Gasteiger partial charge in [-0.1, -0.05) is 43.7 Å². The molecule has 0 radical (unpaired) electrons. The molecule has 1 saturated heterocycles. The molecule has 1 aromatic rings. The maximum atomic E-state index is 12.6. The highest BCUT2D eigenvalue weighted by Gasteiger charge is 2.36. The van der Waals surface area contributed by atoms with E-state index in [2.05, 4.69) is 26.0 Å². The standard InChI is InChI=1S/C19H28N2O2/c1-5-17(6-2)20(4)19(23)16-11-18(22)21(13-16)12-15-9-7-14(3)8-10-15/h7-10,16-17H,5-6,11-13H2,1-4H3. The lowest BCUT2D eigenvalue weighted by molar-refractivity contribution is -0.136. The minimum atomic E-state index is -0.196. The van der Waals surface area contributed by atoms with Gasteiger partial charge in [-0.25, -0.2) is 0 Å². The van der Waals surface area contributed by atoms with Crippen molar-refractivity contribution in [1.82, 2.24) is 9.80 Å². The van der Waals surface area contributed by atoms with Gasteiger partial charge >= 0.3 is 0 Å². The van der Waals surface area contributed by atoms with E-state index < -0.39 is 0 Å². The average molecular weight is 316 g/mol. The molecule has 1 heterocycles. The number of hydrogen-bond acceptors (Lipinski definition) is 2. The summed E-state index contributed by atoms with van der Waals surface area (Å²) in [5.41, 5.74) is 2.33. The largest absolute Gasteiger partial charge is 0.342 e. The van der Waals surface area contributed by atoms with Crippen LogP contribution in [0.25, 0.3) is 0 Å². The van der Waals surface area contributed by atoms with Gasteiger partial charge in [0.1, 0.15) is 0 Å². The zero-order chi connectivity index (χ0) is 17.0. The maximum absolute atomic E-state index is 12.6. The molecule has 0 N–H and O–H groups in total. The molecule has 0 spiro atoms. The molecule has 23 heavy (non-hydrogen) atoms. The minimum absolute atomic E-state index is 0.0851. The van der Waals surface area contributed by atoms with Crippen molar-refractivity contribution in [2.75, 3.05) is 13.6 Å². The first-order valence-corrected chi connectivity index (χ1v) is 8.56. The summed E-state index contributed by atoms with van der Waals surface area (Å²) in [6.07, 6.45) is 2.24. The smallest absolute Gasteiger partial charge is 0.227 e. The highest BCUT2D eigenvalue weighted by atomic mass is 16.2. The fraction of sp³-hybridized carbons (Fsp3) is 0.579. The second kappa shape index (κ2) is 7.62. The lowest BCUT2D eigenvalue weighted by atomic mass is 10.0. The Bertz CT molecular complexity index is 549. The number of nitrogens with zero attached hydrogens (tertiary/aromatic N) is 2. The molecular weight excluding hydrogens is 288 g/mol. The molecule has 2 rings (SSSR count). The summed E-state index contributed by atoms with van der Waals surface area (Å²) in [6.45, 7) is 7.38. The third kappa shape index (κ3) is 4.12. The highest BCUT2D eigenvalue weighted by molar-refractivity contribution is 5.89. The number of amides is 2. The van der Waals surface area contributed by atoms with Crippen LogP contribution in [-0.2, 0) is 16.1 Å². The van der Waals surface area contributed by atoms with Crippen molar-refractivity contribution in [3.8, 4) is 0 Å². The summed E-state index contributed by atoms with van der Waals surface area (Å²) in [5.74, 6) is -0.00104. The Morgan fingerprint density at radius 3 is 2.43 bits per heavy atom. The number of carbonyl (C=O) groups is 2. The first kappa shape index (κ1) is 17.5. The van der Waals surface area contributed by atoms with Crippen LogP contribution in [0.2, 0.25) is 0 Å². The van der Waals surface area contributed by atoms with Gasteiger partial charge in [-0.3, -0.25) is 9.59 Å². The van der Waals surface area contributed by atoms with Gasteiger partial charge in [0.15, 0.2) is 0 Å². The Morgan fingerprint density at radius 1 is 1.26 bits per heavy atom. The normalized spacial score (nSPS) is 17.9. The van der Waals surface area contributed by atoms with Gasteiger partial charge in [-0.15, -0.1) is 0 Å². The monoisotopic (exact) mass is 316 g/mol. The fourth-order valence-corrected chi connectivity index (χ4v) is 3.31. The second-order valence-corrected chi connectivity index (χ2v) is 6.58. The zero-order valence-corrected chi connectivity index (χ0v) is 14.7. The lowest BCUT2D eigenvalue weighted by Gasteiger charge is -2.28. The molecule has 126 valence electrons. The molecule has 4 heteroatoms. The zero-order valence-electron chi connectivity index (χ0n) is 14.7. The molecule has 0 aliphatic carbocycles. The molecular formula is C19H28N2O2. The van der Waals surface area contributed by atoms with E-state index in [9.17, 15) is 9.59 Å². The SMILES string of the molecule is CCC(CC)N(C)C(=O)C1CC(=O)N(Cc2ccc(C)cc2)C1. The fourth-order valence-electron chi connectivity index (χ4n) is 3.31. The Morgan fingerprint density at radius 2 is 1.87 bits per heavy atom. The van der Waals surface area contributed by atoms with Gasteiger partial charge in [-0.05, 0) is 25.3 Å². The van der Waals surface area contributed by atoms with E-state index in [-0.39, 0.29) is 23.8 Å². The van der Waals surface area contributed by atoms with Gasteiger partial charge in [0.25, 0.3) is 0 Å². The van der Waals surface area contributed by atoms with Crippen molar-refractivity contribution in [3.63, 3.8) is 0 Å². The molecule has 1 unspecified atom stereocenters. The third-order valence-corrected chi connectivity index (χ3v) is 4.90. The van der Waals surface area contributed by atoms with Crippen LogP contribution in [0.5, 0.6) is 0 Å². The van der Waals surface area contributed by atoms with E-state index in [1.807, 2.05) is 35.9 Å². The summed E-state index contributed by atoms with van der Waals surface area (Å²) in [6, 6.07) is 8.48. The number of hydrogen-bond donors (Lipinski definition) is 0. The van der Waals surface area contributed by atoms with E-state index in [4.69, 9.17) is 0 Å². The van der Waals surface area contributed by atoms with Crippen molar-refractivity contribution in [1.29, 1.82) is 0 Å². The van der Waals surface area contributed by atoms with Crippen molar-refractivity contribution in [2.45, 2.75) is 52.6 Å². The van der Waals surface area contributed by atoms with Gasteiger partial charge in [0.2, 0.25) is 11.8 Å². The predicted molar refractivity (Wildman–Crippen MR) is 91.8 cm³/mol. The molecule has 1 fully saturated rings. The summed E-state index contributed by atoms with van der Waals surface area (Å²) in [7, 11) is 1.87. The molecule has 4 nitrogen and oxygen atoms in total. The Labute approximate surface area is 139 Å². The van der Waals surface area contributed by atoms with Crippen LogP contribution in [-0.4, -0.2) is 41.2 Å². The number of rotatable bonds is 6. The summed E-state index contributed by atoms with van der Waals surface area (Å²) >= 11 is 0. The van der Waals surface area contributed by atoms with Gasteiger partial charge in [0, 0.05) is 32.6 Å². The van der Waals surface area contributed by atoms with Crippen LogP contribution in [0.15, 0.2) is 24.3 Å². The maximum Gasteiger partial charge on any atom is 0.227 e. The summed E-state index contributed by atoms with van der Waals surface area (Å²) < 4.78 is 0. The molecule has 0 aromatic heterocycles. The lowest BCUT2D eigenvalue weighted by Crippen LogP contribution is -2.41. The van der Waals surface area contributed by atoms with Crippen molar-refractivity contribution in [3.05, 3.63) is 35.4 Å². The Kier molecular flexibility index (Phi) is 5.80. The van der Waals surface area contributed by atoms with Crippen LogP contribution in [0.1, 0.15) is 44.2 Å². The third-order valence-electron chi connectivity index (χ3n) is 4.90. The first-order chi connectivity index (χ1) is 11.0. The average Bonchev–Trinajstić information content (AvgIpc) is 2.91. The number of aryl methyl sites for hydroxylation is 1. The van der Waals surface area contributed by atoms with E-state index in [1.165, 1.54) is 5.56 Å². The molecule has 0 bridgehead atoms. The summed E-state index contributed by atoms with van der Waals surface area (Å²) in [4.78, 5) is 28.5. The van der Waals surface area contributed by atoms with Crippen molar-refractivity contribution < 1.29 is 9.59 Å². The number of carbonyl (C=O) groups excluding carboxylic acids is 2. The van der Waals surface area contributed by atoms with Crippen LogP contribution >= 0.6 is 0 Å². The van der Waals surface area contributed by atoms with Gasteiger partial charge in [-0.2, -0.15) is 0 Å². The number of likely N-dealkylation sites (tertiary alicyclic amines) is 1. The molecule has 1 atom stereocenters. The minimum Gasteiger partial charge on any atom is -0.342 e. The van der Waals surface area contributed by atoms with Crippen molar-refractivity contribution >= 4 is 11.8 Å². The highest BCUT2D eigenvalue weighted by Crippen LogP contribution is 2.23. The van der Waals surface area contributed by atoms with Crippen LogP contribution < -0.4 is 0 Å². The predicted octanol–water partition coefficient (Wildman–Crippen LogP) is 2.99. The van der Waals surface area contributed by atoms with E-state index in [0.717, 1.165) is 18.4 Å². The molecule has 1 aliphatic heterocycles. The molecule has 2 amide bonds. The Hall–Kier alpha value is -1.84. The van der Waals surface area contributed by atoms with E-state index >= 15 is 0 Å². The number of benzene rings is 1. The van der Waals surface area contributed by atoms with Crippen LogP contribution in [0.3, 0.4) is 0 Å². The Balaban J connectivity index is 1.98. The molecule has 1 aromatic carbocycles. The summed E-state index contributed by atoms with van der Waals surface area (Å²) in [5, 5.41) is 0. The van der Waals surface area contributed by atoms with Crippen LogP contribution in [0, 0.1) is 12.8 Å².